The van der Waals surface area contributed by atoms with Gasteiger partial charge in [-0.05, 0) is 151 Å². The maximum absolute atomic E-state index is 7.55. The predicted octanol–water partition coefficient (Wildman–Crippen LogP) is 20.0. The molecule has 0 saturated carbocycles. The first-order chi connectivity index (χ1) is 35.2. The highest BCUT2D eigenvalue weighted by molar-refractivity contribution is 6.17. The summed E-state index contributed by atoms with van der Waals surface area (Å²) in [4.78, 5) is 5.01. The summed E-state index contributed by atoms with van der Waals surface area (Å²) in [6.07, 6.45) is 9.07. The van der Waals surface area contributed by atoms with Crippen molar-refractivity contribution in [2.24, 2.45) is 0 Å². The summed E-state index contributed by atoms with van der Waals surface area (Å²) in [5, 5.41) is 2.16. The summed E-state index contributed by atoms with van der Waals surface area (Å²) in [7, 11) is 0. The molecular weight excluding hydrogens is 897 g/mol. The third-order valence-electron chi connectivity index (χ3n) is 15.7. The van der Waals surface area contributed by atoms with E-state index in [1.54, 1.807) is 0 Å². The highest BCUT2D eigenvalue weighted by Crippen LogP contribution is 2.62. The van der Waals surface area contributed by atoms with Crippen molar-refractivity contribution in [3.05, 3.63) is 244 Å². The summed E-state index contributed by atoms with van der Waals surface area (Å²) in [6, 6.07) is 66.4. The van der Waals surface area contributed by atoms with Gasteiger partial charge < -0.3 is 14.2 Å². The molecule has 0 unspecified atom stereocenters. The van der Waals surface area contributed by atoms with Crippen molar-refractivity contribution >= 4 is 50.4 Å². The van der Waals surface area contributed by atoms with Gasteiger partial charge in [0.15, 0.2) is 5.58 Å². The van der Waals surface area contributed by atoms with Gasteiger partial charge >= 0.3 is 0 Å². The zero-order chi connectivity index (χ0) is 52.0. The normalized spacial score (nSPS) is 14.5. The number of nitrogens with zero attached hydrogens (tertiary/aromatic N) is 2. The Bertz CT molecular complexity index is 3530. The standard InChI is InChI=1S/C71H72N2O/c1-67(2,3)49-39-50(68(4,5)6)42-56(41-49)72(53-31-21-15-22-32-53)55-37-38-63-59(45-55)60-46-62-64(58-35-25-26-36-61(58)71(62,47-27-17-13-18-28-47)48-29-19-14-20-30-48)65(66(60)74-63)73(54-33-23-16-24-34-54)57-43-51(69(7,8)9)40-52(44-57)70(10,11)12/h13-14,16-21,23-46H,15,22H2,1-12H3. The maximum Gasteiger partial charge on any atom is 0.160 e. The Morgan fingerprint density at radius 3 is 1.43 bits per heavy atom. The van der Waals surface area contributed by atoms with Crippen LogP contribution < -0.4 is 9.80 Å². The van der Waals surface area contributed by atoms with E-state index in [2.05, 4.69) is 287 Å². The molecule has 0 bridgehead atoms. The van der Waals surface area contributed by atoms with E-state index < -0.39 is 5.41 Å². The monoisotopic (exact) mass is 969 g/mol. The lowest BCUT2D eigenvalue weighted by atomic mass is 9.67. The Morgan fingerprint density at radius 2 is 0.919 bits per heavy atom. The highest BCUT2D eigenvalue weighted by atomic mass is 16.3. The van der Waals surface area contributed by atoms with Gasteiger partial charge in [0.1, 0.15) is 5.58 Å². The van der Waals surface area contributed by atoms with Crippen LogP contribution in [0.1, 0.15) is 140 Å². The van der Waals surface area contributed by atoms with Crippen molar-refractivity contribution in [2.75, 3.05) is 9.80 Å². The molecule has 3 nitrogen and oxygen atoms in total. The Hall–Kier alpha value is -7.36. The molecule has 0 saturated heterocycles. The first-order valence-electron chi connectivity index (χ1n) is 26.8. The Balaban J connectivity index is 1.31. The van der Waals surface area contributed by atoms with Gasteiger partial charge in [0.2, 0.25) is 0 Å². The zero-order valence-electron chi connectivity index (χ0n) is 45.7. The van der Waals surface area contributed by atoms with E-state index in [1.165, 1.54) is 67.0 Å². The second-order valence-corrected chi connectivity index (χ2v) is 25.0. The molecule has 2 aliphatic rings. The number of para-hydroxylation sites is 1. The quantitative estimate of drug-likeness (QED) is 0.151. The molecule has 0 fully saturated rings. The topological polar surface area (TPSA) is 19.6 Å². The average molecular weight is 969 g/mol. The third kappa shape index (κ3) is 8.39. The molecule has 0 atom stereocenters. The van der Waals surface area contributed by atoms with Crippen molar-refractivity contribution in [3.63, 3.8) is 0 Å². The van der Waals surface area contributed by atoms with Crippen LogP contribution in [-0.2, 0) is 27.1 Å². The number of anilines is 5. The van der Waals surface area contributed by atoms with Gasteiger partial charge in [-0.25, -0.2) is 0 Å². The molecule has 11 rings (SSSR count). The van der Waals surface area contributed by atoms with Crippen LogP contribution in [0.5, 0.6) is 0 Å². The summed E-state index contributed by atoms with van der Waals surface area (Å²) in [5.41, 5.74) is 19.9. The molecule has 0 spiro atoms. The SMILES string of the molecule is CC(C)(C)c1cc(N(C2=CCCC=C2)c2ccc3oc4c(N(c5ccccc5)c5cc(C(C)(C)C)cc(C(C)(C)C)c5)c5c(cc4c3c2)C(c2ccccc2)(c2ccccc2)c2ccccc2-5)cc(C(C)(C)C)c1. The number of rotatable bonds is 8. The molecule has 0 N–H and O–H groups in total. The van der Waals surface area contributed by atoms with E-state index >= 15 is 0 Å². The van der Waals surface area contributed by atoms with Crippen LogP contribution in [0.2, 0.25) is 0 Å². The van der Waals surface area contributed by atoms with Crippen molar-refractivity contribution in [1.29, 1.82) is 0 Å². The van der Waals surface area contributed by atoms with Crippen LogP contribution in [-0.4, -0.2) is 0 Å². The second kappa shape index (κ2) is 17.9. The largest absolute Gasteiger partial charge is 0.454 e. The molecular formula is C71H72N2O. The fourth-order valence-electron chi connectivity index (χ4n) is 11.6. The molecule has 1 heterocycles. The minimum absolute atomic E-state index is 0.0494. The van der Waals surface area contributed by atoms with Gasteiger partial charge in [-0.2, -0.15) is 0 Å². The number of hydrogen-bond acceptors (Lipinski definition) is 3. The van der Waals surface area contributed by atoms with Crippen LogP contribution in [0.25, 0.3) is 33.1 Å². The van der Waals surface area contributed by atoms with Crippen molar-refractivity contribution < 1.29 is 4.42 Å². The van der Waals surface area contributed by atoms with Crippen molar-refractivity contribution in [1.82, 2.24) is 0 Å². The second-order valence-electron chi connectivity index (χ2n) is 25.0. The summed E-state index contributed by atoms with van der Waals surface area (Å²) in [6.45, 7) is 27.9. The minimum Gasteiger partial charge on any atom is -0.454 e. The lowest BCUT2D eigenvalue weighted by molar-refractivity contribution is 0.568. The molecule has 2 aliphatic carbocycles. The summed E-state index contributed by atoms with van der Waals surface area (Å²) >= 11 is 0. The fourth-order valence-corrected chi connectivity index (χ4v) is 11.6. The number of fused-ring (bicyclic) bond motifs is 6. The van der Waals surface area contributed by atoms with Gasteiger partial charge in [0.25, 0.3) is 0 Å². The van der Waals surface area contributed by atoms with Gasteiger partial charge in [-0.3, -0.25) is 0 Å². The molecule has 0 amide bonds. The number of hydrogen-bond donors (Lipinski definition) is 0. The zero-order valence-corrected chi connectivity index (χ0v) is 45.7. The molecule has 9 aromatic rings. The van der Waals surface area contributed by atoms with Crippen molar-refractivity contribution in [2.45, 2.75) is 123 Å². The van der Waals surface area contributed by atoms with E-state index in [0.29, 0.717) is 0 Å². The number of furan rings is 1. The average Bonchev–Trinajstić information content (AvgIpc) is 3.91. The lowest BCUT2D eigenvalue weighted by Crippen LogP contribution is -2.28. The lowest BCUT2D eigenvalue weighted by Gasteiger charge is -2.35. The Labute approximate surface area is 440 Å². The van der Waals surface area contributed by atoms with E-state index in [0.717, 1.165) is 57.5 Å². The minimum atomic E-state index is -0.661. The first-order valence-corrected chi connectivity index (χ1v) is 26.8. The molecule has 74 heavy (non-hydrogen) atoms. The van der Waals surface area contributed by atoms with E-state index in [-0.39, 0.29) is 21.7 Å². The Kier molecular flexibility index (Phi) is 11.9. The predicted molar refractivity (Wildman–Crippen MR) is 316 cm³/mol. The summed E-state index contributed by atoms with van der Waals surface area (Å²) < 4.78 is 7.55. The fraction of sp³-hybridized carbons (Fsp3) is 0.268. The van der Waals surface area contributed by atoms with Gasteiger partial charge in [-0.15, -0.1) is 0 Å². The molecule has 1 aromatic heterocycles. The first kappa shape index (κ1) is 48.9. The van der Waals surface area contributed by atoms with Crippen LogP contribution in [0.3, 0.4) is 0 Å². The maximum atomic E-state index is 7.55. The van der Waals surface area contributed by atoms with Gasteiger partial charge in [-0.1, -0.05) is 210 Å². The summed E-state index contributed by atoms with van der Waals surface area (Å²) in [5.74, 6) is 0. The van der Waals surface area contributed by atoms with Gasteiger partial charge in [0.05, 0.1) is 11.1 Å². The van der Waals surface area contributed by atoms with Gasteiger partial charge in [0, 0.05) is 44.8 Å². The molecule has 0 radical (unpaired) electrons. The van der Waals surface area contributed by atoms with Crippen LogP contribution >= 0.6 is 0 Å². The van der Waals surface area contributed by atoms with E-state index in [9.17, 15) is 0 Å². The van der Waals surface area contributed by atoms with E-state index in [1.807, 2.05) is 0 Å². The third-order valence-corrected chi connectivity index (χ3v) is 15.7. The Morgan fingerprint density at radius 1 is 0.419 bits per heavy atom. The highest BCUT2D eigenvalue weighted by Gasteiger charge is 2.49. The molecule has 8 aromatic carbocycles. The van der Waals surface area contributed by atoms with Crippen molar-refractivity contribution in [3.8, 4) is 11.1 Å². The van der Waals surface area contributed by atoms with Crippen LogP contribution in [0.15, 0.2) is 204 Å². The molecule has 372 valence electrons. The number of benzene rings is 8. The smallest absolute Gasteiger partial charge is 0.160 e. The number of allylic oxidation sites excluding steroid dienone is 3. The van der Waals surface area contributed by atoms with E-state index in [4.69, 9.17) is 4.42 Å². The van der Waals surface area contributed by atoms with Crippen LogP contribution in [0, 0.1) is 0 Å². The van der Waals surface area contributed by atoms with Crippen LogP contribution in [0.4, 0.5) is 28.4 Å². The molecule has 0 aliphatic heterocycles. The molecule has 3 heteroatoms.